The van der Waals surface area contributed by atoms with Crippen LogP contribution >= 0.6 is 24.8 Å². The zero-order chi connectivity index (χ0) is 17.5. The fraction of sp³-hybridized carbons (Fsp3) is 0.625. The first kappa shape index (κ1) is 22.4. The Morgan fingerprint density at radius 3 is 2.35 bits per heavy atom. The van der Waals surface area contributed by atoms with Crippen molar-refractivity contribution in [1.29, 1.82) is 0 Å². The fourth-order valence-corrected chi connectivity index (χ4v) is 2.91. The zero-order valence-corrected chi connectivity index (χ0v) is 17.2. The quantitative estimate of drug-likeness (QED) is 0.810. The number of carbonyl (C=O) groups is 1. The number of fused-ring (bicyclic) bond motifs is 1. The highest BCUT2D eigenvalue weighted by Crippen LogP contribution is 2.24. The molecular formula is C16H27Cl2N7O. The number of carbonyl (C=O) groups excluding carboxylic acids is 1. The number of piperazine rings is 1. The van der Waals surface area contributed by atoms with Crippen LogP contribution in [0.4, 0.5) is 5.82 Å². The van der Waals surface area contributed by atoms with Gasteiger partial charge >= 0.3 is 0 Å². The van der Waals surface area contributed by atoms with Gasteiger partial charge in [-0.15, -0.1) is 24.8 Å². The molecular weight excluding hydrogens is 377 g/mol. The lowest BCUT2D eigenvalue weighted by molar-refractivity contribution is -0.135. The molecule has 3 rings (SSSR count). The summed E-state index contributed by atoms with van der Waals surface area (Å²) in [5.74, 6) is 0.900. The maximum absolute atomic E-state index is 12.5. The molecule has 0 radical (unpaired) electrons. The van der Waals surface area contributed by atoms with Gasteiger partial charge in [0.15, 0.2) is 5.65 Å². The number of nitrogens with zero attached hydrogens (tertiary/aromatic N) is 6. The molecule has 146 valence electrons. The smallest absolute Gasteiger partial charge is 0.240 e. The van der Waals surface area contributed by atoms with Gasteiger partial charge in [0.1, 0.15) is 12.1 Å². The first-order chi connectivity index (χ1) is 11.3. The molecule has 1 saturated heterocycles. The number of aromatic nitrogens is 4. The van der Waals surface area contributed by atoms with E-state index in [1.54, 1.807) is 17.2 Å². The minimum absolute atomic E-state index is 0. The molecule has 1 atom stereocenters. The molecule has 2 aromatic heterocycles. The molecule has 0 aromatic carbocycles. The van der Waals surface area contributed by atoms with Crippen molar-refractivity contribution < 1.29 is 4.79 Å². The second-order valence-corrected chi connectivity index (χ2v) is 7.36. The molecule has 0 bridgehead atoms. The van der Waals surface area contributed by atoms with E-state index in [-0.39, 0.29) is 36.1 Å². The molecule has 1 aliphatic heterocycles. The number of amides is 1. The van der Waals surface area contributed by atoms with E-state index in [0.717, 1.165) is 29.9 Å². The lowest BCUT2D eigenvalue weighted by Crippen LogP contribution is -2.56. The van der Waals surface area contributed by atoms with E-state index in [4.69, 9.17) is 5.73 Å². The van der Waals surface area contributed by atoms with Crippen LogP contribution in [0.15, 0.2) is 12.5 Å². The van der Waals surface area contributed by atoms with Crippen molar-refractivity contribution in [2.24, 2.45) is 18.2 Å². The highest BCUT2D eigenvalue weighted by atomic mass is 35.5. The Morgan fingerprint density at radius 2 is 1.77 bits per heavy atom. The minimum Gasteiger partial charge on any atom is -0.352 e. The van der Waals surface area contributed by atoms with Crippen LogP contribution in [0.2, 0.25) is 0 Å². The number of anilines is 1. The Labute approximate surface area is 165 Å². The molecule has 2 aromatic rings. The molecule has 0 unspecified atom stereocenters. The SMILES string of the molecule is Cl.Cl.Cn1ncc2c(N3CCN(C(=O)[C@@H](N)C(C)(C)C)CC3)ncnc21. The fourth-order valence-electron chi connectivity index (χ4n) is 2.91. The second-order valence-electron chi connectivity index (χ2n) is 7.36. The van der Waals surface area contributed by atoms with Gasteiger partial charge in [-0.25, -0.2) is 9.97 Å². The normalized spacial score (nSPS) is 16.0. The van der Waals surface area contributed by atoms with Gasteiger partial charge in [-0.05, 0) is 5.41 Å². The first-order valence-corrected chi connectivity index (χ1v) is 8.21. The number of hydrogen-bond acceptors (Lipinski definition) is 6. The van der Waals surface area contributed by atoms with Crippen molar-refractivity contribution in [3.63, 3.8) is 0 Å². The summed E-state index contributed by atoms with van der Waals surface area (Å²) in [5.41, 5.74) is 6.69. The van der Waals surface area contributed by atoms with E-state index in [9.17, 15) is 4.79 Å². The lowest BCUT2D eigenvalue weighted by atomic mass is 9.86. The molecule has 1 fully saturated rings. The summed E-state index contributed by atoms with van der Waals surface area (Å²) in [6.45, 7) is 8.72. The van der Waals surface area contributed by atoms with E-state index in [2.05, 4.69) is 20.0 Å². The molecule has 2 N–H and O–H groups in total. The highest BCUT2D eigenvalue weighted by molar-refractivity contribution is 5.87. The summed E-state index contributed by atoms with van der Waals surface area (Å²) in [5, 5.41) is 5.19. The van der Waals surface area contributed by atoms with Crippen LogP contribution in [-0.2, 0) is 11.8 Å². The maximum Gasteiger partial charge on any atom is 0.240 e. The summed E-state index contributed by atoms with van der Waals surface area (Å²) in [6, 6.07) is -0.479. The van der Waals surface area contributed by atoms with E-state index >= 15 is 0 Å². The first-order valence-electron chi connectivity index (χ1n) is 8.21. The van der Waals surface area contributed by atoms with Crippen molar-refractivity contribution in [3.05, 3.63) is 12.5 Å². The van der Waals surface area contributed by atoms with Crippen LogP contribution in [0, 0.1) is 5.41 Å². The molecule has 0 aliphatic carbocycles. The third kappa shape index (κ3) is 4.19. The van der Waals surface area contributed by atoms with Crippen molar-refractivity contribution in [2.45, 2.75) is 26.8 Å². The average molecular weight is 404 g/mol. The molecule has 1 aliphatic rings. The van der Waals surface area contributed by atoms with Crippen LogP contribution in [0.25, 0.3) is 11.0 Å². The van der Waals surface area contributed by atoms with Crippen LogP contribution in [-0.4, -0.2) is 62.8 Å². The van der Waals surface area contributed by atoms with Gasteiger partial charge in [-0.1, -0.05) is 20.8 Å². The standard InChI is InChI=1S/C16H25N7O.2ClH/c1-16(2,3)12(17)15(24)23-7-5-22(6-8-23)14-11-9-20-21(4)13(11)18-10-19-14;;/h9-10,12H,5-8,17H2,1-4H3;2*1H/t12-;;/m1../s1. The number of aryl methyl sites for hydroxylation is 1. The third-order valence-corrected chi connectivity index (χ3v) is 4.60. The predicted molar refractivity (Wildman–Crippen MR) is 107 cm³/mol. The van der Waals surface area contributed by atoms with Gasteiger partial charge in [-0.3, -0.25) is 9.48 Å². The van der Waals surface area contributed by atoms with E-state index in [1.165, 1.54) is 0 Å². The van der Waals surface area contributed by atoms with Gasteiger partial charge in [0.25, 0.3) is 0 Å². The minimum atomic E-state index is -0.479. The summed E-state index contributed by atoms with van der Waals surface area (Å²) in [4.78, 5) is 25.3. The van der Waals surface area contributed by atoms with Crippen LogP contribution in [0.5, 0.6) is 0 Å². The third-order valence-electron chi connectivity index (χ3n) is 4.60. The maximum atomic E-state index is 12.5. The van der Waals surface area contributed by atoms with Gasteiger partial charge in [-0.2, -0.15) is 5.10 Å². The predicted octanol–water partition coefficient (Wildman–Crippen LogP) is 1.23. The summed E-state index contributed by atoms with van der Waals surface area (Å²) >= 11 is 0. The molecule has 10 heteroatoms. The van der Waals surface area contributed by atoms with Crippen LogP contribution in [0.3, 0.4) is 0 Å². The van der Waals surface area contributed by atoms with Crippen molar-refractivity contribution in [1.82, 2.24) is 24.6 Å². The summed E-state index contributed by atoms with van der Waals surface area (Å²) in [6.07, 6.45) is 3.35. The largest absolute Gasteiger partial charge is 0.352 e. The molecule has 26 heavy (non-hydrogen) atoms. The zero-order valence-electron chi connectivity index (χ0n) is 15.5. The highest BCUT2D eigenvalue weighted by Gasteiger charge is 2.33. The number of hydrogen-bond donors (Lipinski definition) is 1. The van der Waals surface area contributed by atoms with Crippen LogP contribution in [0.1, 0.15) is 20.8 Å². The van der Waals surface area contributed by atoms with E-state index in [0.29, 0.717) is 13.1 Å². The monoisotopic (exact) mass is 403 g/mol. The molecule has 0 saturated carbocycles. The van der Waals surface area contributed by atoms with E-state index < -0.39 is 6.04 Å². The van der Waals surface area contributed by atoms with Crippen molar-refractivity contribution in [2.75, 3.05) is 31.1 Å². The molecule has 0 spiro atoms. The average Bonchev–Trinajstić information content (AvgIpc) is 2.94. The van der Waals surface area contributed by atoms with Crippen molar-refractivity contribution >= 4 is 47.6 Å². The lowest BCUT2D eigenvalue weighted by Gasteiger charge is -2.38. The topological polar surface area (TPSA) is 93.2 Å². The van der Waals surface area contributed by atoms with Gasteiger partial charge in [0.2, 0.25) is 5.91 Å². The summed E-state index contributed by atoms with van der Waals surface area (Å²) in [7, 11) is 1.86. The van der Waals surface area contributed by atoms with Gasteiger partial charge in [0.05, 0.1) is 17.6 Å². The Morgan fingerprint density at radius 1 is 1.15 bits per heavy atom. The molecule has 3 heterocycles. The Bertz CT molecular complexity index is 751. The Hall–Kier alpha value is -1.64. The van der Waals surface area contributed by atoms with Crippen molar-refractivity contribution in [3.8, 4) is 0 Å². The summed E-state index contributed by atoms with van der Waals surface area (Å²) < 4.78 is 1.74. The van der Waals surface area contributed by atoms with E-state index in [1.807, 2.05) is 32.7 Å². The number of rotatable bonds is 2. The Kier molecular flexibility index (Phi) is 7.21. The Balaban J connectivity index is 0.00000169. The number of nitrogens with two attached hydrogens (primary N) is 1. The van der Waals surface area contributed by atoms with Gasteiger partial charge < -0.3 is 15.5 Å². The molecule has 1 amide bonds. The molecule has 8 nitrogen and oxygen atoms in total. The van der Waals surface area contributed by atoms with Crippen LogP contribution < -0.4 is 10.6 Å². The second kappa shape index (κ2) is 8.37. The number of halogens is 2. The van der Waals surface area contributed by atoms with Gasteiger partial charge in [0, 0.05) is 33.2 Å².